The van der Waals surface area contributed by atoms with E-state index >= 15 is 0 Å². The van der Waals surface area contributed by atoms with Crippen LogP contribution in [0.1, 0.15) is 28.1 Å². The molecule has 2 N–H and O–H groups in total. The second kappa shape index (κ2) is 5.58. The molecule has 0 bridgehead atoms. The Morgan fingerprint density at radius 2 is 2.32 bits per heavy atom. The smallest absolute Gasteiger partial charge is 0.347 e. The Kier molecular flexibility index (Phi) is 4.24. The number of thiophene rings is 1. The number of aryl methyl sites for hydroxylation is 1. The van der Waals surface area contributed by atoms with Gasteiger partial charge in [-0.25, -0.2) is 17.9 Å². The monoisotopic (exact) mass is 305 g/mol. The average molecular weight is 305 g/mol. The number of ether oxygens (including phenoxy) is 1. The van der Waals surface area contributed by atoms with E-state index < -0.39 is 16.0 Å². The number of aromatic carboxylic acids is 1. The second-order valence-corrected chi connectivity index (χ2v) is 6.95. The number of carboxylic acid groups (broad SMARTS) is 1. The van der Waals surface area contributed by atoms with E-state index in [1.807, 2.05) is 0 Å². The number of rotatable bonds is 4. The van der Waals surface area contributed by atoms with Crippen molar-refractivity contribution in [2.45, 2.75) is 30.7 Å². The molecular weight excluding hydrogens is 290 g/mol. The Balaban J connectivity index is 2.28. The summed E-state index contributed by atoms with van der Waals surface area (Å²) >= 11 is 0.923. The maximum absolute atomic E-state index is 12.3. The third kappa shape index (κ3) is 3.14. The molecule has 1 aliphatic heterocycles. The highest BCUT2D eigenvalue weighted by Crippen LogP contribution is 2.27. The molecule has 2 rings (SSSR count). The van der Waals surface area contributed by atoms with Gasteiger partial charge in [0.2, 0.25) is 10.0 Å². The lowest BCUT2D eigenvalue weighted by atomic mass is 10.1. The van der Waals surface area contributed by atoms with Crippen LogP contribution in [-0.2, 0) is 14.8 Å². The minimum atomic E-state index is -3.82. The number of nitrogens with one attached hydrogen (secondary N) is 1. The van der Waals surface area contributed by atoms with Crippen LogP contribution < -0.4 is 4.72 Å². The van der Waals surface area contributed by atoms with E-state index in [0.717, 1.165) is 17.8 Å². The molecule has 1 atom stereocenters. The molecule has 0 aliphatic carbocycles. The molecule has 106 valence electrons. The zero-order valence-electron chi connectivity index (χ0n) is 10.4. The fraction of sp³-hybridized carbons (Fsp3) is 0.545. The van der Waals surface area contributed by atoms with Crippen LogP contribution in [0, 0.1) is 6.92 Å². The first-order valence-corrected chi connectivity index (χ1v) is 8.19. The summed E-state index contributed by atoms with van der Waals surface area (Å²) in [4.78, 5) is 10.8. The van der Waals surface area contributed by atoms with Crippen LogP contribution in [0.5, 0.6) is 0 Å². The van der Waals surface area contributed by atoms with E-state index in [0.29, 0.717) is 25.2 Å². The molecule has 1 aromatic rings. The van der Waals surface area contributed by atoms with E-state index in [2.05, 4.69) is 4.72 Å². The molecule has 0 amide bonds. The Bertz CT molecular complexity index is 572. The van der Waals surface area contributed by atoms with Crippen LogP contribution in [0.2, 0.25) is 0 Å². The minimum Gasteiger partial charge on any atom is -0.477 e. The summed E-state index contributed by atoms with van der Waals surface area (Å²) < 4.78 is 32.3. The number of hydrogen-bond donors (Lipinski definition) is 2. The molecule has 0 saturated carbocycles. The Hall–Kier alpha value is -0.960. The van der Waals surface area contributed by atoms with Gasteiger partial charge in [-0.1, -0.05) is 0 Å². The van der Waals surface area contributed by atoms with Gasteiger partial charge in [-0.05, 0) is 30.7 Å². The summed E-state index contributed by atoms with van der Waals surface area (Å²) in [6.07, 6.45) is 1.49. The van der Waals surface area contributed by atoms with Gasteiger partial charge >= 0.3 is 5.97 Å². The molecule has 1 aromatic heterocycles. The van der Waals surface area contributed by atoms with Crippen molar-refractivity contribution in [1.82, 2.24) is 4.72 Å². The summed E-state index contributed by atoms with van der Waals surface area (Å²) in [6, 6.07) is -0.292. The molecule has 6 nitrogen and oxygen atoms in total. The SMILES string of the molecule is Cc1csc(C(=O)O)c1S(=O)(=O)NC1CCCOC1. The summed E-state index contributed by atoms with van der Waals surface area (Å²) in [5.41, 5.74) is 0.451. The predicted molar refractivity (Wildman–Crippen MR) is 70.2 cm³/mol. The van der Waals surface area contributed by atoms with E-state index in [4.69, 9.17) is 9.84 Å². The van der Waals surface area contributed by atoms with Crippen molar-refractivity contribution in [3.8, 4) is 0 Å². The molecule has 2 heterocycles. The van der Waals surface area contributed by atoms with Gasteiger partial charge in [-0.15, -0.1) is 11.3 Å². The molecule has 1 unspecified atom stereocenters. The molecule has 0 radical (unpaired) electrons. The minimum absolute atomic E-state index is 0.129. The van der Waals surface area contributed by atoms with Crippen molar-refractivity contribution in [3.05, 3.63) is 15.8 Å². The fourth-order valence-electron chi connectivity index (χ4n) is 2.03. The van der Waals surface area contributed by atoms with Gasteiger partial charge in [0.05, 0.1) is 6.61 Å². The van der Waals surface area contributed by atoms with Gasteiger partial charge in [0.1, 0.15) is 9.77 Å². The van der Waals surface area contributed by atoms with Crippen LogP contribution in [0.3, 0.4) is 0 Å². The van der Waals surface area contributed by atoms with Gasteiger partial charge in [-0.2, -0.15) is 0 Å². The van der Waals surface area contributed by atoms with Gasteiger partial charge in [0.15, 0.2) is 0 Å². The van der Waals surface area contributed by atoms with Crippen molar-refractivity contribution in [1.29, 1.82) is 0 Å². The summed E-state index contributed by atoms with van der Waals surface area (Å²) in [5, 5.41) is 10.6. The van der Waals surface area contributed by atoms with Gasteiger partial charge in [0, 0.05) is 12.6 Å². The summed E-state index contributed by atoms with van der Waals surface area (Å²) in [5.74, 6) is -1.22. The first kappa shape index (κ1) is 14.4. The number of carboxylic acids is 1. The number of carbonyl (C=O) groups is 1. The predicted octanol–water partition coefficient (Wildman–Crippen LogP) is 1.21. The van der Waals surface area contributed by atoms with Crippen molar-refractivity contribution in [2.75, 3.05) is 13.2 Å². The Morgan fingerprint density at radius 1 is 1.58 bits per heavy atom. The molecule has 8 heteroatoms. The van der Waals surface area contributed by atoms with Crippen molar-refractivity contribution in [3.63, 3.8) is 0 Å². The van der Waals surface area contributed by atoms with Crippen LogP contribution in [0.25, 0.3) is 0 Å². The third-order valence-electron chi connectivity index (χ3n) is 2.86. The lowest BCUT2D eigenvalue weighted by Gasteiger charge is -2.23. The second-order valence-electron chi connectivity index (χ2n) is 4.42. The van der Waals surface area contributed by atoms with Crippen LogP contribution in [0.4, 0.5) is 0 Å². The third-order valence-corrected chi connectivity index (χ3v) is 5.79. The van der Waals surface area contributed by atoms with E-state index in [-0.39, 0.29) is 15.8 Å². The van der Waals surface area contributed by atoms with Crippen LogP contribution >= 0.6 is 11.3 Å². The Morgan fingerprint density at radius 3 is 2.89 bits per heavy atom. The van der Waals surface area contributed by atoms with E-state index in [9.17, 15) is 13.2 Å². The first-order valence-electron chi connectivity index (χ1n) is 5.83. The highest BCUT2D eigenvalue weighted by Gasteiger charge is 2.29. The summed E-state index contributed by atoms with van der Waals surface area (Å²) in [6.45, 7) is 2.55. The van der Waals surface area contributed by atoms with Crippen molar-refractivity contribution >= 4 is 27.3 Å². The lowest BCUT2D eigenvalue weighted by molar-refractivity contribution is 0.0698. The maximum Gasteiger partial charge on any atom is 0.347 e. The zero-order valence-corrected chi connectivity index (χ0v) is 12.0. The van der Waals surface area contributed by atoms with Crippen LogP contribution in [0.15, 0.2) is 10.3 Å². The Labute approximate surface area is 115 Å². The lowest BCUT2D eigenvalue weighted by Crippen LogP contribution is -2.41. The highest BCUT2D eigenvalue weighted by atomic mass is 32.2. The largest absolute Gasteiger partial charge is 0.477 e. The molecule has 0 spiro atoms. The molecule has 1 fully saturated rings. The molecule has 1 aliphatic rings. The highest BCUT2D eigenvalue weighted by molar-refractivity contribution is 7.89. The number of hydrogen-bond acceptors (Lipinski definition) is 5. The standard InChI is InChI=1S/C11H15NO5S2/c1-7-6-18-9(11(13)14)10(7)19(15,16)12-8-3-2-4-17-5-8/h6,8,12H,2-5H2,1H3,(H,13,14). The molecule has 19 heavy (non-hydrogen) atoms. The number of sulfonamides is 1. The van der Waals surface area contributed by atoms with Crippen molar-refractivity contribution < 1.29 is 23.1 Å². The molecule has 0 aromatic carbocycles. The van der Waals surface area contributed by atoms with Crippen LogP contribution in [-0.4, -0.2) is 38.7 Å². The topological polar surface area (TPSA) is 92.7 Å². The molecular formula is C11H15NO5S2. The zero-order chi connectivity index (χ0) is 14.0. The van der Waals surface area contributed by atoms with Crippen molar-refractivity contribution in [2.24, 2.45) is 0 Å². The van der Waals surface area contributed by atoms with Gasteiger partial charge < -0.3 is 9.84 Å². The van der Waals surface area contributed by atoms with E-state index in [1.54, 1.807) is 6.92 Å². The normalized spacial score (nSPS) is 20.4. The summed E-state index contributed by atoms with van der Waals surface area (Å²) in [7, 11) is -3.82. The quantitative estimate of drug-likeness (QED) is 0.872. The average Bonchev–Trinajstić information content (AvgIpc) is 2.73. The van der Waals surface area contributed by atoms with Gasteiger partial charge in [-0.3, -0.25) is 0 Å². The van der Waals surface area contributed by atoms with E-state index in [1.165, 1.54) is 5.38 Å². The first-order chi connectivity index (χ1) is 8.92. The molecule has 1 saturated heterocycles. The maximum atomic E-state index is 12.3. The fourth-order valence-corrected chi connectivity index (χ4v) is 4.91. The van der Waals surface area contributed by atoms with Gasteiger partial charge in [0.25, 0.3) is 0 Å².